The Bertz CT molecular complexity index is 664. The monoisotopic (exact) mass is 358 g/mol. The highest BCUT2D eigenvalue weighted by Gasteiger charge is 2.12. The minimum Gasteiger partial charge on any atom is -0.224 e. The Morgan fingerprint density at radius 1 is 0.947 bits per heavy atom. The van der Waals surface area contributed by atoms with Crippen molar-refractivity contribution in [2.75, 3.05) is 6.26 Å². The first kappa shape index (κ1) is 14.6. The maximum absolute atomic E-state index is 11.4. The number of alkyl halides is 1. The van der Waals surface area contributed by atoms with Crippen molar-refractivity contribution in [1.29, 1.82) is 0 Å². The molecular formula is C14H12BrClO2S. The summed E-state index contributed by atoms with van der Waals surface area (Å²) in [6.07, 6.45) is 1.19. The molecule has 100 valence electrons. The standard InChI is InChI=1S/C14H12BrClO2S/c1-19(17,18)13-8-4-11(5-9-13)14(16)10-2-6-12(15)7-3-10/h2-9,14H,1H3. The molecule has 1 unspecified atom stereocenters. The van der Waals surface area contributed by atoms with Crippen LogP contribution in [0.1, 0.15) is 16.5 Å². The molecular weight excluding hydrogens is 348 g/mol. The summed E-state index contributed by atoms with van der Waals surface area (Å²) >= 11 is 9.76. The van der Waals surface area contributed by atoms with Crippen LogP contribution >= 0.6 is 27.5 Å². The SMILES string of the molecule is CS(=O)(=O)c1ccc(C(Cl)c2ccc(Br)cc2)cc1. The Hall–Kier alpha value is -0.840. The first-order valence-electron chi connectivity index (χ1n) is 5.57. The third-order valence-corrected chi connectivity index (χ3v) is 4.92. The summed E-state index contributed by atoms with van der Waals surface area (Å²) in [5.74, 6) is 0. The predicted molar refractivity (Wildman–Crippen MR) is 81.4 cm³/mol. The fraction of sp³-hybridized carbons (Fsp3) is 0.143. The van der Waals surface area contributed by atoms with Crippen molar-refractivity contribution in [1.82, 2.24) is 0 Å². The van der Waals surface area contributed by atoms with Crippen LogP contribution in [0.4, 0.5) is 0 Å². The summed E-state index contributed by atoms with van der Waals surface area (Å²) in [7, 11) is -3.16. The van der Waals surface area contributed by atoms with Crippen LogP contribution in [0.25, 0.3) is 0 Å². The lowest BCUT2D eigenvalue weighted by Crippen LogP contribution is -1.98. The van der Waals surface area contributed by atoms with E-state index in [-0.39, 0.29) is 5.38 Å². The summed E-state index contributed by atoms with van der Waals surface area (Å²) in [6, 6.07) is 14.4. The Morgan fingerprint density at radius 2 is 1.37 bits per heavy atom. The predicted octanol–water partition coefficient (Wildman–Crippen LogP) is 4.18. The Kier molecular flexibility index (Phi) is 4.33. The molecule has 2 aromatic carbocycles. The average molecular weight is 360 g/mol. The molecule has 0 aliphatic heterocycles. The molecule has 5 heteroatoms. The van der Waals surface area contributed by atoms with Gasteiger partial charge in [-0.1, -0.05) is 40.2 Å². The minimum absolute atomic E-state index is 0.290. The van der Waals surface area contributed by atoms with E-state index in [4.69, 9.17) is 11.6 Å². The van der Waals surface area contributed by atoms with Crippen LogP contribution in [0.15, 0.2) is 57.9 Å². The van der Waals surface area contributed by atoms with E-state index < -0.39 is 9.84 Å². The van der Waals surface area contributed by atoms with Crippen LogP contribution in [0.5, 0.6) is 0 Å². The van der Waals surface area contributed by atoms with E-state index in [9.17, 15) is 8.42 Å². The molecule has 0 saturated heterocycles. The van der Waals surface area contributed by atoms with Gasteiger partial charge in [0.2, 0.25) is 0 Å². The van der Waals surface area contributed by atoms with Crippen molar-refractivity contribution in [3.8, 4) is 0 Å². The smallest absolute Gasteiger partial charge is 0.175 e. The van der Waals surface area contributed by atoms with E-state index in [0.717, 1.165) is 15.6 Å². The zero-order valence-electron chi connectivity index (χ0n) is 10.2. The number of hydrogen-bond acceptors (Lipinski definition) is 2. The second-order valence-corrected chi connectivity index (χ2v) is 7.62. The van der Waals surface area contributed by atoms with Crippen molar-refractivity contribution < 1.29 is 8.42 Å². The molecule has 0 fully saturated rings. The first-order chi connectivity index (χ1) is 8.88. The fourth-order valence-electron chi connectivity index (χ4n) is 1.71. The van der Waals surface area contributed by atoms with E-state index >= 15 is 0 Å². The molecule has 0 radical (unpaired) electrons. The summed E-state index contributed by atoms with van der Waals surface area (Å²) in [6.45, 7) is 0. The zero-order valence-corrected chi connectivity index (χ0v) is 13.3. The summed E-state index contributed by atoms with van der Waals surface area (Å²) in [5.41, 5.74) is 1.84. The molecule has 19 heavy (non-hydrogen) atoms. The minimum atomic E-state index is -3.16. The number of benzene rings is 2. The largest absolute Gasteiger partial charge is 0.224 e. The maximum Gasteiger partial charge on any atom is 0.175 e. The van der Waals surface area contributed by atoms with Crippen molar-refractivity contribution >= 4 is 37.4 Å². The maximum atomic E-state index is 11.4. The highest BCUT2D eigenvalue weighted by atomic mass is 79.9. The third-order valence-electron chi connectivity index (χ3n) is 2.76. The first-order valence-corrected chi connectivity index (χ1v) is 8.69. The van der Waals surface area contributed by atoms with Gasteiger partial charge in [0, 0.05) is 10.7 Å². The molecule has 0 spiro atoms. The molecule has 0 amide bonds. The normalized spacial score (nSPS) is 13.2. The molecule has 0 saturated carbocycles. The van der Waals surface area contributed by atoms with Gasteiger partial charge >= 0.3 is 0 Å². The van der Waals surface area contributed by atoms with E-state index in [1.54, 1.807) is 24.3 Å². The molecule has 0 heterocycles. The summed E-state index contributed by atoms with van der Waals surface area (Å²) in [4.78, 5) is 0.302. The van der Waals surface area contributed by atoms with Gasteiger partial charge in [-0.25, -0.2) is 8.42 Å². The van der Waals surface area contributed by atoms with Crippen molar-refractivity contribution in [2.45, 2.75) is 10.3 Å². The number of hydrogen-bond donors (Lipinski definition) is 0. The van der Waals surface area contributed by atoms with E-state index in [2.05, 4.69) is 15.9 Å². The highest BCUT2D eigenvalue weighted by molar-refractivity contribution is 9.10. The van der Waals surface area contributed by atoms with Gasteiger partial charge in [0.15, 0.2) is 9.84 Å². The van der Waals surface area contributed by atoms with Gasteiger partial charge in [-0.3, -0.25) is 0 Å². The van der Waals surface area contributed by atoms with Crippen LogP contribution < -0.4 is 0 Å². The van der Waals surface area contributed by atoms with Gasteiger partial charge in [-0.05, 0) is 35.4 Å². The number of sulfone groups is 1. The lowest BCUT2D eigenvalue weighted by atomic mass is 10.0. The average Bonchev–Trinajstić information content (AvgIpc) is 2.38. The molecule has 2 rings (SSSR count). The molecule has 0 aliphatic rings. The number of halogens is 2. The van der Waals surface area contributed by atoms with E-state index in [1.165, 1.54) is 6.26 Å². The molecule has 0 bridgehead atoms. The Labute approximate surface area is 126 Å². The quantitative estimate of drug-likeness (QED) is 0.770. The van der Waals surface area contributed by atoms with Gasteiger partial charge in [0.1, 0.15) is 0 Å². The van der Waals surface area contributed by atoms with Gasteiger partial charge in [0.25, 0.3) is 0 Å². The second kappa shape index (κ2) is 5.65. The van der Waals surface area contributed by atoms with Crippen LogP contribution in [0.3, 0.4) is 0 Å². The molecule has 0 aromatic heterocycles. The van der Waals surface area contributed by atoms with Gasteiger partial charge in [-0.2, -0.15) is 0 Å². The van der Waals surface area contributed by atoms with Crippen molar-refractivity contribution in [3.05, 3.63) is 64.1 Å². The molecule has 2 nitrogen and oxygen atoms in total. The Morgan fingerprint density at radius 3 is 1.79 bits per heavy atom. The summed E-state index contributed by atoms with van der Waals surface area (Å²) in [5, 5.41) is -0.290. The number of rotatable bonds is 3. The van der Waals surface area contributed by atoms with E-state index in [1.807, 2.05) is 24.3 Å². The Balaban J connectivity index is 2.30. The van der Waals surface area contributed by atoms with Crippen LogP contribution in [-0.4, -0.2) is 14.7 Å². The lowest BCUT2D eigenvalue weighted by molar-refractivity contribution is 0.602. The summed E-state index contributed by atoms with van der Waals surface area (Å²) < 4.78 is 23.8. The van der Waals surface area contributed by atoms with Crippen molar-refractivity contribution in [2.24, 2.45) is 0 Å². The van der Waals surface area contributed by atoms with E-state index in [0.29, 0.717) is 4.90 Å². The van der Waals surface area contributed by atoms with Crippen molar-refractivity contribution in [3.63, 3.8) is 0 Å². The van der Waals surface area contributed by atoms with Crippen LogP contribution in [-0.2, 0) is 9.84 Å². The highest BCUT2D eigenvalue weighted by Crippen LogP contribution is 2.30. The fourth-order valence-corrected chi connectivity index (χ4v) is 2.89. The molecule has 2 aromatic rings. The lowest BCUT2D eigenvalue weighted by Gasteiger charge is -2.11. The van der Waals surface area contributed by atoms with Crippen LogP contribution in [0.2, 0.25) is 0 Å². The van der Waals surface area contributed by atoms with Gasteiger partial charge in [-0.15, -0.1) is 11.6 Å². The topological polar surface area (TPSA) is 34.1 Å². The van der Waals surface area contributed by atoms with Gasteiger partial charge in [0.05, 0.1) is 10.3 Å². The second-order valence-electron chi connectivity index (χ2n) is 4.26. The zero-order chi connectivity index (χ0) is 14.0. The molecule has 0 aliphatic carbocycles. The molecule has 1 atom stereocenters. The third kappa shape index (κ3) is 3.59. The van der Waals surface area contributed by atoms with Gasteiger partial charge < -0.3 is 0 Å². The molecule has 0 N–H and O–H groups in total. The van der Waals surface area contributed by atoms with Crippen LogP contribution in [0, 0.1) is 0 Å².